The molecule has 2 heterocycles. The first-order valence-corrected chi connectivity index (χ1v) is 9.50. The van der Waals surface area contributed by atoms with E-state index in [0.29, 0.717) is 30.0 Å². The molecule has 144 valence electrons. The molecule has 0 saturated carbocycles. The summed E-state index contributed by atoms with van der Waals surface area (Å²) in [7, 11) is 0. The van der Waals surface area contributed by atoms with Gasteiger partial charge in [-0.1, -0.05) is 13.8 Å². The zero-order valence-corrected chi connectivity index (χ0v) is 16.7. The van der Waals surface area contributed by atoms with Gasteiger partial charge in [0.15, 0.2) is 0 Å². The maximum Gasteiger partial charge on any atom is 0.339 e. The Kier molecular flexibility index (Phi) is 5.40. The van der Waals surface area contributed by atoms with E-state index in [2.05, 4.69) is 19.2 Å². The molecule has 2 aromatic heterocycles. The number of rotatable bonds is 6. The van der Waals surface area contributed by atoms with E-state index in [9.17, 15) is 9.59 Å². The second kappa shape index (κ2) is 7.59. The van der Waals surface area contributed by atoms with Gasteiger partial charge < -0.3 is 14.2 Å². The Morgan fingerprint density at radius 2 is 1.70 bits per heavy atom. The summed E-state index contributed by atoms with van der Waals surface area (Å²) in [5, 5.41) is 4.82. The molecule has 1 amide bonds. The van der Waals surface area contributed by atoms with E-state index in [1.807, 2.05) is 26.8 Å². The summed E-state index contributed by atoms with van der Waals surface area (Å²) in [6.07, 6.45) is 1.60. The molecule has 0 atom stereocenters. The number of hydrogen-bond acceptors (Lipinski definition) is 4. The highest BCUT2D eigenvalue weighted by molar-refractivity contribution is 5.96. The van der Waals surface area contributed by atoms with Crippen molar-refractivity contribution in [3.05, 3.63) is 45.0 Å². The number of fused-ring (bicyclic) bond motifs is 2. The van der Waals surface area contributed by atoms with Crippen LogP contribution in [0.5, 0.6) is 0 Å². The number of carbonyl (C=O) groups excluding carboxylic acids is 1. The third-order valence-electron chi connectivity index (χ3n) is 5.23. The van der Waals surface area contributed by atoms with Crippen molar-refractivity contribution < 1.29 is 13.6 Å². The fraction of sp³-hybridized carbons (Fsp3) is 0.455. The molecule has 0 aliphatic carbocycles. The van der Waals surface area contributed by atoms with Crippen molar-refractivity contribution in [1.82, 2.24) is 5.32 Å². The predicted octanol–water partition coefficient (Wildman–Crippen LogP) is 4.56. The van der Waals surface area contributed by atoms with E-state index < -0.39 is 0 Å². The predicted molar refractivity (Wildman–Crippen MR) is 107 cm³/mol. The SMILES string of the molecule is Cc1oc2cc3oc(=O)c(CCC(=O)NCCC(C)C)c(C)c3cc2c1C. The van der Waals surface area contributed by atoms with Crippen LogP contribution in [-0.2, 0) is 11.2 Å². The molecule has 0 aliphatic heterocycles. The van der Waals surface area contributed by atoms with Crippen LogP contribution in [0.4, 0.5) is 0 Å². The Hall–Kier alpha value is -2.56. The zero-order chi connectivity index (χ0) is 19.7. The summed E-state index contributed by atoms with van der Waals surface area (Å²) >= 11 is 0. The summed E-state index contributed by atoms with van der Waals surface area (Å²) in [4.78, 5) is 24.5. The lowest BCUT2D eigenvalue weighted by atomic mass is 10.0. The van der Waals surface area contributed by atoms with Crippen molar-refractivity contribution in [1.29, 1.82) is 0 Å². The van der Waals surface area contributed by atoms with E-state index in [-0.39, 0.29) is 18.0 Å². The largest absolute Gasteiger partial charge is 0.461 e. The highest BCUT2D eigenvalue weighted by Gasteiger charge is 2.16. The van der Waals surface area contributed by atoms with Crippen LogP contribution in [0.1, 0.15) is 49.1 Å². The molecule has 1 N–H and O–H groups in total. The number of nitrogens with one attached hydrogen (secondary N) is 1. The number of aryl methyl sites for hydroxylation is 3. The van der Waals surface area contributed by atoms with Crippen molar-refractivity contribution in [2.45, 2.75) is 53.9 Å². The zero-order valence-electron chi connectivity index (χ0n) is 16.7. The first-order valence-electron chi connectivity index (χ1n) is 9.50. The average molecular weight is 369 g/mol. The van der Waals surface area contributed by atoms with Crippen LogP contribution in [0.25, 0.3) is 21.9 Å². The molecule has 5 nitrogen and oxygen atoms in total. The number of amides is 1. The number of hydrogen-bond donors (Lipinski definition) is 1. The lowest BCUT2D eigenvalue weighted by Crippen LogP contribution is -2.26. The molecule has 27 heavy (non-hydrogen) atoms. The van der Waals surface area contributed by atoms with Gasteiger partial charge in [0.1, 0.15) is 16.9 Å². The normalized spacial score (nSPS) is 11.6. The second-order valence-corrected chi connectivity index (χ2v) is 7.65. The molecule has 1 aromatic carbocycles. The van der Waals surface area contributed by atoms with Gasteiger partial charge in [0.05, 0.1) is 0 Å². The van der Waals surface area contributed by atoms with Gasteiger partial charge in [-0.15, -0.1) is 0 Å². The third kappa shape index (κ3) is 3.92. The minimum Gasteiger partial charge on any atom is -0.461 e. The minimum absolute atomic E-state index is 0.0358. The van der Waals surface area contributed by atoms with Crippen LogP contribution in [0.15, 0.2) is 25.8 Å². The summed E-state index contributed by atoms with van der Waals surface area (Å²) in [6, 6.07) is 3.79. The van der Waals surface area contributed by atoms with Crippen LogP contribution >= 0.6 is 0 Å². The monoisotopic (exact) mass is 369 g/mol. The van der Waals surface area contributed by atoms with E-state index in [1.165, 1.54) is 0 Å². The number of furan rings is 1. The molecule has 0 saturated heterocycles. The maximum atomic E-state index is 12.4. The van der Waals surface area contributed by atoms with Gasteiger partial charge in [-0.05, 0) is 56.7 Å². The fourth-order valence-electron chi connectivity index (χ4n) is 3.34. The molecular weight excluding hydrogens is 342 g/mol. The lowest BCUT2D eigenvalue weighted by Gasteiger charge is -2.09. The summed E-state index contributed by atoms with van der Waals surface area (Å²) in [5.41, 5.74) is 3.38. The Labute approximate surface area is 158 Å². The quantitative estimate of drug-likeness (QED) is 0.647. The molecule has 3 aromatic rings. The average Bonchev–Trinajstić information content (AvgIpc) is 2.86. The van der Waals surface area contributed by atoms with E-state index in [0.717, 1.165) is 39.7 Å². The van der Waals surface area contributed by atoms with Crippen LogP contribution < -0.4 is 10.9 Å². The van der Waals surface area contributed by atoms with Gasteiger partial charge in [-0.25, -0.2) is 4.79 Å². The first-order chi connectivity index (χ1) is 12.8. The van der Waals surface area contributed by atoms with Gasteiger partial charge in [0.25, 0.3) is 0 Å². The second-order valence-electron chi connectivity index (χ2n) is 7.65. The molecule has 0 radical (unpaired) electrons. The van der Waals surface area contributed by atoms with E-state index in [4.69, 9.17) is 8.83 Å². The van der Waals surface area contributed by atoms with Gasteiger partial charge in [0, 0.05) is 35.4 Å². The van der Waals surface area contributed by atoms with E-state index >= 15 is 0 Å². The van der Waals surface area contributed by atoms with Crippen LogP contribution in [-0.4, -0.2) is 12.5 Å². The molecule has 0 bridgehead atoms. The van der Waals surface area contributed by atoms with Crippen molar-refractivity contribution in [2.75, 3.05) is 6.54 Å². The van der Waals surface area contributed by atoms with Crippen LogP contribution in [0.3, 0.4) is 0 Å². The van der Waals surface area contributed by atoms with Gasteiger partial charge in [-0.3, -0.25) is 4.79 Å². The first kappa shape index (κ1) is 19.2. The van der Waals surface area contributed by atoms with Crippen molar-refractivity contribution in [3.8, 4) is 0 Å². The van der Waals surface area contributed by atoms with Crippen molar-refractivity contribution >= 4 is 27.8 Å². The van der Waals surface area contributed by atoms with Gasteiger partial charge in [-0.2, -0.15) is 0 Å². The van der Waals surface area contributed by atoms with Crippen molar-refractivity contribution in [2.24, 2.45) is 5.92 Å². The molecular formula is C22H27NO4. The summed E-state index contributed by atoms with van der Waals surface area (Å²) in [6.45, 7) is 10.8. The maximum absolute atomic E-state index is 12.4. The Morgan fingerprint density at radius 3 is 2.41 bits per heavy atom. The lowest BCUT2D eigenvalue weighted by molar-refractivity contribution is -0.121. The van der Waals surface area contributed by atoms with Crippen LogP contribution in [0, 0.1) is 26.7 Å². The molecule has 0 unspecified atom stereocenters. The molecule has 3 rings (SSSR count). The Balaban J connectivity index is 1.87. The number of carbonyl (C=O) groups is 1. The molecule has 0 aliphatic rings. The van der Waals surface area contributed by atoms with E-state index in [1.54, 1.807) is 6.07 Å². The summed E-state index contributed by atoms with van der Waals surface area (Å²) < 4.78 is 11.3. The minimum atomic E-state index is -0.380. The standard InChI is InChI=1S/C22H27NO4/c1-12(2)8-9-23-21(24)7-6-16-14(4)18-10-17-13(3)15(5)26-19(17)11-20(18)27-22(16)25/h10-12H,6-9H2,1-5H3,(H,23,24). The highest BCUT2D eigenvalue weighted by atomic mass is 16.4. The van der Waals surface area contributed by atoms with Crippen LogP contribution in [0.2, 0.25) is 0 Å². The Morgan fingerprint density at radius 1 is 1.04 bits per heavy atom. The van der Waals surface area contributed by atoms with Gasteiger partial charge >= 0.3 is 5.63 Å². The molecule has 0 fully saturated rings. The number of benzene rings is 1. The smallest absolute Gasteiger partial charge is 0.339 e. The fourth-order valence-corrected chi connectivity index (χ4v) is 3.34. The topological polar surface area (TPSA) is 72.5 Å². The van der Waals surface area contributed by atoms with Crippen molar-refractivity contribution in [3.63, 3.8) is 0 Å². The molecule has 5 heteroatoms. The highest BCUT2D eigenvalue weighted by Crippen LogP contribution is 2.31. The molecule has 0 spiro atoms. The van der Waals surface area contributed by atoms with Gasteiger partial charge in [0.2, 0.25) is 5.91 Å². The third-order valence-corrected chi connectivity index (χ3v) is 5.23. The Bertz CT molecular complexity index is 1060. The summed E-state index contributed by atoms with van der Waals surface area (Å²) in [5.74, 6) is 1.37.